The average molecular weight is 204 g/mol. The standard InChI is InChI=1S/C11H16N4/c1-13-6-5-11-14-9(8-12)10-4-2-3-7-15(10)11/h13H,2-7H2,1H3. The molecule has 0 atom stereocenters. The second kappa shape index (κ2) is 4.45. The molecular formula is C11H16N4. The molecule has 1 aliphatic rings. The summed E-state index contributed by atoms with van der Waals surface area (Å²) >= 11 is 0. The van der Waals surface area contributed by atoms with Crippen molar-refractivity contribution in [2.75, 3.05) is 13.6 Å². The lowest BCUT2D eigenvalue weighted by Gasteiger charge is -2.16. The van der Waals surface area contributed by atoms with Crippen LogP contribution in [-0.4, -0.2) is 23.1 Å². The van der Waals surface area contributed by atoms with Gasteiger partial charge in [0.05, 0.1) is 5.69 Å². The Labute approximate surface area is 89.9 Å². The van der Waals surface area contributed by atoms with Gasteiger partial charge in [-0.2, -0.15) is 5.26 Å². The molecule has 0 saturated carbocycles. The van der Waals surface area contributed by atoms with Gasteiger partial charge in [0.15, 0.2) is 5.69 Å². The van der Waals surface area contributed by atoms with Crippen LogP contribution in [-0.2, 0) is 19.4 Å². The van der Waals surface area contributed by atoms with E-state index in [9.17, 15) is 0 Å². The van der Waals surface area contributed by atoms with E-state index in [0.717, 1.165) is 37.4 Å². The van der Waals surface area contributed by atoms with Gasteiger partial charge in [-0.05, 0) is 26.3 Å². The highest BCUT2D eigenvalue weighted by Crippen LogP contribution is 2.20. The summed E-state index contributed by atoms with van der Waals surface area (Å²) in [5.74, 6) is 1.07. The third kappa shape index (κ3) is 1.88. The van der Waals surface area contributed by atoms with Crippen molar-refractivity contribution >= 4 is 0 Å². The van der Waals surface area contributed by atoms with Gasteiger partial charge in [-0.15, -0.1) is 0 Å². The van der Waals surface area contributed by atoms with Gasteiger partial charge >= 0.3 is 0 Å². The van der Waals surface area contributed by atoms with E-state index < -0.39 is 0 Å². The Kier molecular flexibility index (Phi) is 3.02. The molecule has 15 heavy (non-hydrogen) atoms. The van der Waals surface area contributed by atoms with Crippen LogP contribution in [0.25, 0.3) is 0 Å². The zero-order valence-electron chi connectivity index (χ0n) is 9.08. The van der Waals surface area contributed by atoms with E-state index in [4.69, 9.17) is 5.26 Å². The number of nitriles is 1. The second-order valence-corrected chi connectivity index (χ2v) is 3.90. The highest BCUT2D eigenvalue weighted by atomic mass is 15.1. The summed E-state index contributed by atoms with van der Waals surface area (Å²) in [6, 6.07) is 2.20. The lowest BCUT2D eigenvalue weighted by molar-refractivity contribution is 0.511. The minimum atomic E-state index is 0.640. The molecule has 0 amide bonds. The molecule has 2 heterocycles. The minimum absolute atomic E-state index is 0.640. The number of rotatable bonds is 3. The van der Waals surface area contributed by atoms with E-state index >= 15 is 0 Å². The Balaban J connectivity index is 2.30. The maximum atomic E-state index is 8.99. The zero-order valence-corrected chi connectivity index (χ0v) is 9.08. The van der Waals surface area contributed by atoms with Gasteiger partial charge < -0.3 is 9.88 Å². The first-order valence-electron chi connectivity index (χ1n) is 5.49. The number of hydrogen-bond acceptors (Lipinski definition) is 3. The number of hydrogen-bond donors (Lipinski definition) is 1. The predicted octanol–water partition coefficient (Wildman–Crippen LogP) is 0.853. The third-order valence-corrected chi connectivity index (χ3v) is 2.90. The lowest BCUT2D eigenvalue weighted by atomic mass is 10.1. The van der Waals surface area contributed by atoms with Crippen molar-refractivity contribution in [3.63, 3.8) is 0 Å². The summed E-state index contributed by atoms with van der Waals surface area (Å²) in [6.07, 6.45) is 4.31. The summed E-state index contributed by atoms with van der Waals surface area (Å²) in [7, 11) is 1.94. The van der Waals surface area contributed by atoms with Gasteiger partial charge in [-0.3, -0.25) is 0 Å². The van der Waals surface area contributed by atoms with Crippen LogP contribution in [0, 0.1) is 11.3 Å². The summed E-state index contributed by atoms with van der Waals surface area (Å²) in [6.45, 7) is 1.95. The van der Waals surface area contributed by atoms with Gasteiger partial charge in [0.1, 0.15) is 11.9 Å². The third-order valence-electron chi connectivity index (χ3n) is 2.90. The van der Waals surface area contributed by atoms with E-state index in [-0.39, 0.29) is 0 Å². The highest BCUT2D eigenvalue weighted by Gasteiger charge is 2.18. The number of aromatic nitrogens is 2. The SMILES string of the molecule is CNCCc1nc(C#N)c2n1CCCC2. The quantitative estimate of drug-likeness (QED) is 0.794. The molecule has 0 bridgehead atoms. The number of nitrogens with zero attached hydrogens (tertiary/aromatic N) is 3. The molecule has 2 rings (SSSR count). The fourth-order valence-corrected chi connectivity index (χ4v) is 2.13. The van der Waals surface area contributed by atoms with Crippen LogP contribution in [0.1, 0.15) is 30.1 Å². The van der Waals surface area contributed by atoms with Crippen LogP contribution >= 0.6 is 0 Å². The average Bonchev–Trinajstić information content (AvgIpc) is 2.65. The number of fused-ring (bicyclic) bond motifs is 1. The van der Waals surface area contributed by atoms with Gasteiger partial charge in [-0.25, -0.2) is 4.98 Å². The maximum absolute atomic E-state index is 8.99. The first kappa shape index (κ1) is 10.2. The van der Waals surface area contributed by atoms with Crippen molar-refractivity contribution in [2.45, 2.75) is 32.2 Å². The lowest BCUT2D eigenvalue weighted by Crippen LogP contribution is -2.17. The van der Waals surface area contributed by atoms with Crippen LogP contribution in [0.15, 0.2) is 0 Å². The summed E-state index contributed by atoms with van der Waals surface area (Å²) in [5.41, 5.74) is 1.79. The smallest absolute Gasteiger partial charge is 0.161 e. The van der Waals surface area contributed by atoms with Crippen molar-refractivity contribution < 1.29 is 0 Å². The van der Waals surface area contributed by atoms with Gasteiger partial charge in [-0.1, -0.05) is 0 Å². The van der Waals surface area contributed by atoms with E-state index in [1.54, 1.807) is 0 Å². The van der Waals surface area contributed by atoms with Crippen molar-refractivity contribution in [3.8, 4) is 6.07 Å². The summed E-state index contributed by atoms with van der Waals surface area (Å²) < 4.78 is 2.24. The molecule has 1 aromatic rings. The summed E-state index contributed by atoms with van der Waals surface area (Å²) in [5, 5.41) is 12.1. The Morgan fingerprint density at radius 3 is 3.13 bits per heavy atom. The Hall–Kier alpha value is -1.34. The van der Waals surface area contributed by atoms with Crippen molar-refractivity contribution in [2.24, 2.45) is 0 Å². The topological polar surface area (TPSA) is 53.6 Å². The van der Waals surface area contributed by atoms with Crippen LogP contribution in [0.5, 0.6) is 0 Å². The normalized spacial score (nSPS) is 14.7. The molecule has 80 valence electrons. The largest absolute Gasteiger partial charge is 0.331 e. The molecule has 0 aromatic carbocycles. The van der Waals surface area contributed by atoms with Crippen LogP contribution in [0.3, 0.4) is 0 Å². The van der Waals surface area contributed by atoms with Gasteiger partial charge in [0, 0.05) is 19.5 Å². The molecule has 1 N–H and O–H groups in total. The van der Waals surface area contributed by atoms with E-state index in [1.807, 2.05) is 7.05 Å². The molecule has 0 saturated heterocycles. The molecule has 0 spiro atoms. The van der Waals surface area contributed by atoms with Crippen LogP contribution in [0.2, 0.25) is 0 Å². The van der Waals surface area contributed by atoms with Gasteiger partial charge in [0.2, 0.25) is 0 Å². The van der Waals surface area contributed by atoms with Crippen molar-refractivity contribution in [3.05, 3.63) is 17.2 Å². The molecule has 4 nitrogen and oxygen atoms in total. The first-order chi connectivity index (χ1) is 7.36. The Morgan fingerprint density at radius 2 is 2.40 bits per heavy atom. The van der Waals surface area contributed by atoms with E-state index in [0.29, 0.717) is 5.69 Å². The molecule has 4 heteroatoms. The summed E-state index contributed by atoms with van der Waals surface area (Å²) in [4.78, 5) is 4.41. The molecular weight excluding hydrogens is 188 g/mol. The maximum Gasteiger partial charge on any atom is 0.161 e. The molecule has 0 fully saturated rings. The second-order valence-electron chi connectivity index (χ2n) is 3.90. The molecule has 0 unspecified atom stereocenters. The highest BCUT2D eigenvalue weighted by molar-refractivity contribution is 5.30. The zero-order chi connectivity index (χ0) is 10.7. The minimum Gasteiger partial charge on any atom is -0.331 e. The van der Waals surface area contributed by atoms with Gasteiger partial charge in [0.25, 0.3) is 0 Å². The number of imidazole rings is 1. The van der Waals surface area contributed by atoms with Crippen LogP contribution in [0.4, 0.5) is 0 Å². The monoisotopic (exact) mass is 204 g/mol. The van der Waals surface area contributed by atoms with Crippen LogP contribution < -0.4 is 5.32 Å². The fraction of sp³-hybridized carbons (Fsp3) is 0.636. The Morgan fingerprint density at radius 1 is 1.53 bits per heavy atom. The van der Waals surface area contributed by atoms with E-state index in [2.05, 4.69) is 20.9 Å². The number of likely N-dealkylation sites (N-methyl/N-ethyl adjacent to an activating group) is 1. The fourth-order valence-electron chi connectivity index (χ4n) is 2.13. The first-order valence-corrected chi connectivity index (χ1v) is 5.49. The van der Waals surface area contributed by atoms with E-state index in [1.165, 1.54) is 12.8 Å². The number of nitrogens with one attached hydrogen (secondary N) is 1. The van der Waals surface area contributed by atoms with Crippen molar-refractivity contribution in [1.29, 1.82) is 5.26 Å². The predicted molar refractivity (Wildman–Crippen MR) is 57.5 cm³/mol. The molecule has 1 aromatic heterocycles. The molecule has 1 aliphatic heterocycles. The molecule has 0 radical (unpaired) electrons. The van der Waals surface area contributed by atoms with Crippen molar-refractivity contribution in [1.82, 2.24) is 14.9 Å². The Bertz CT molecular complexity index is 386. The molecule has 0 aliphatic carbocycles.